The van der Waals surface area contributed by atoms with E-state index >= 15 is 0 Å². The van der Waals surface area contributed by atoms with Gasteiger partial charge in [0.1, 0.15) is 18.1 Å². The van der Waals surface area contributed by atoms with Gasteiger partial charge >= 0.3 is 0 Å². The zero-order valence-corrected chi connectivity index (χ0v) is 21.5. The van der Waals surface area contributed by atoms with E-state index in [2.05, 4.69) is 45.7 Å². The molecule has 10 heteroatoms. The number of amides is 3. The van der Waals surface area contributed by atoms with Gasteiger partial charge in [-0.2, -0.15) is 10.4 Å². The predicted molar refractivity (Wildman–Crippen MR) is 132 cm³/mol. The number of nitrogens with one attached hydrogen (secondary N) is 3. The first-order valence-electron chi connectivity index (χ1n) is 12.1. The number of piperidine rings is 1. The highest BCUT2D eigenvalue weighted by Crippen LogP contribution is 2.65. The van der Waals surface area contributed by atoms with E-state index in [9.17, 15) is 19.6 Å². The molecule has 190 valence electrons. The number of pyridine rings is 1. The summed E-state index contributed by atoms with van der Waals surface area (Å²) in [6.07, 6.45) is 4.81. The van der Waals surface area contributed by atoms with Gasteiger partial charge in [0, 0.05) is 43.2 Å². The van der Waals surface area contributed by atoms with E-state index < -0.39 is 23.5 Å². The van der Waals surface area contributed by atoms with Crippen LogP contribution in [0.4, 0.5) is 0 Å². The summed E-state index contributed by atoms with van der Waals surface area (Å²) < 4.78 is 0. The molecule has 2 aliphatic rings. The minimum atomic E-state index is -0.945. The predicted octanol–water partition coefficient (Wildman–Crippen LogP) is 2.19. The van der Waals surface area contributed by atoms with Crippen molar-refractivity contribution in [2.45, 2.75) is 59.7 Å². The van der Waals surface area contributed by atoms with E-state index in [-0.39, 0.29) is 35.0 Å². The second kappa shape index (κ2) is 9.04. The average molecular weight is 492 g/mol. The molecule has 0 aromatic carbocycles. The van der Waals surface area contributed by atoms with Crippen LogP contribution in [0.3, 0.4) is 0 Å². The first-order valence-corrected chi connectivity index (χ1v) is 12.1. The van der Waals surface area contributed by atoms with Gasteiger partial charge in [-0.05, 0) is 34.8 Å². The maximum absolute atomic E-state index is 13.7. The molecule has 5 atom stereocenters. The van der Waals surface area contributed by atoms with Crippen molar-refractivity contribution in [1.82, 2.24) is 30.7 Å². The number of aromatic amines is 1. The summed E-state index contributed by atoms with van der Waals surface area (Å²) in [5.41, 5.74) is 1.39. The largest absolute Gasteiger partial charge is 0.344 e. The van der Waals surface area contributed by atoms with Crippen molar-refractivity contribution in [3.63, 3.8) is 0 Å². The van der Waals surface area contributed by atoms with Crippen molar-refractivity contribution in [1.29, 1.82) is 5.26 Å². The van der Waals surface area contributed by atoms with Gasteiger partial charge in [0.25, 0.3) is 0 Å². The molecular formula is C26H33N7O3. The summed E-state index contributed by atoms with van der Waals surface area (Å²) in [7, 11) is 0. The topological polar surface area (TPSA) is 144 Å². The molecule has 10 nitrogen and oxygen atoms in total. The molecule has 1 saturated carbocycles. The van der Waals surface area contributed by atoms with Crippen molar-refractivity contribution in [2.24, 2.45) is 22.7 Å². The van der Waals surface area contributed by atoms with Crippen LogP contribution in [-0.2, 0) is 14.4 Å². The molecule has 0 radical (unpaired) electrons. The molecule has 0 spiro atoms. The zero-order valence-electron chi connectivity index (χ0n) is 21.5. The molecule has 2 aromatic rings. The lowest BCUT2D eigenvalue weighted by molar-refractivity contribution is -0.145. The Labute approximate surface area is 210 Å². The maximum atomic E-state index is 13.7. The van der Waals surface area contributed by atoms with Crippen molar-refractivity contribution in [3.05, 3.63) is 36.3 Å². The maximum Gasteiger partial charge on any atom is 0.246 e. The third-order valence-electron chi connectivity index (χ3n) is 7.54. The second-order valence-electron chi connectivity index (χ2n) is 11.4. The number of nitrogens with zero attached hydrogens (tertiary/aromatic N) is 4. The molecule has 3 N–H and O–H groups in total. The number of carbonyl (C=O) groups excluding carboxylic acids is 3. The van der Waals surface area contributed by atoms with Crippen LogP contribution in [0.15, 0.2) is 30.7 Å². The van der Waals surface area contributed by atoms with Crippen LogP contribution in [0.1, 0.15) is 53.1 Å². The first kappa shape index (κ1) is 25.4. The molecule has 36 heavy (non-hydrogen) atoms. The summed E-state index contributed by atoms with van der Waals surface area (Å²) in [5.74, 6) is -0.801. The van der Waals surface area contributed by atoms with Gasteiger partial charge < -0.3 is 15.5 Å². The summed E-state index contributed by atoms with van der Waals surface area (Å²) in [4.78, 5) is 45.0. The Morgan fingerprint density at radius 2 is 1.97 bits per heavy atom. The van der Waals surface area contributed by atoms with Crippen molar-refractivity contribution >= 4 is 17.7 Å². The van der Waals surface area contributed by atoms with Gasteiger partial charge in [0.2, 0.25) is 17.7 Å². The zero-order chi connectivity index (χ0) is 26.4. The highest BCUT2D eigenvalue weighted by molar-refractivity contribution is 5.94. The van der Waals surface area contributed by atoms with Crippen LogP contribution in [0, 0.1) is 34.0 Å². The number of nitriles is 1. The lowest BCUT2D eigenvalue weighted by atomic mass is 9.85. The van der Waals surface area contributed by atoms with Gasteiger partial charge in [-0.3, -0.25) is 24.5 Å². The van der Waals surface area contributed by atoms with E-state index in [4.69, 9.17) is 0 Å². The van der Waals surface area contributed by atoms with Crippen molar-refractivity contribution in [3.8, 4) is 17.3 Å². The molecule has 1 saturated heterocycles. The molecule has 1 aliphatic carbocycles. The standard InChI is InChI=1S/C26H33N7O3/c1-14(34)30-22(25(2,3)4)24(36)33-13-17-20(26(17,5)6)21(33)23(35)31-19(10-27)16-9-15(11-28-12-16)18-7-8-29-32-18/h7-9,11-12,17,19-22H,13H2,1-6H3,(H,29,32)(H,30,34)(H,31,35)/t17-,19?,20-,21?,22+/m0/s1. The minimum Gasteiger partial charge on any atom is -0.344 e. The molecule has 4 rings (SSSR count). The lowest BCUT2D eigenvalue weighted by Gasteiger charge is -2.37. The smallest absolute Gasteiger partial charge is 0.246 e. The van der Waals surface area contributed by atoms with Crippen molar-refractivity contribution in [2.75, 3.05) is 6.54 Å². The van der Waals surface area contributed by atoms with Gasteiger partial charge in [-0.15, -0.1) is 0 Å². The molecule has 2 fully saturated rings. The van der Waals surface area contributed by atoms with Crippen LogP contribution in [-0.4, -0.2) is 56.4 Å². The summed E-state index contributed by atoms with van der Waals surface area (Å²) in [6, 6.07) is 3.28. The molecule has 2 unspecified atom stereocenters. The fourth-order valence-corrected chi connectivity index (χ4v) is 5.43. The monoisotopic (exact) mass is 491 g/mol. The fraction of sp³-hybridized carbons (Fsp3) is 0.538. The van der Waals surface area contributed by atoms with Crippen LogP contribution < -0.4 is 10.6 Å². The van der Waals surface area contributed by atoms with Crippen LogP contribution >= 0.6 is 0 Å². The molecular weight excluding hydrogens is 458 g/mol. The fourth-order valence-electron chi connectivity index (χ4n) is 5.43. The number of aromatic nitrogens is 3. The molecule has 1 aliphatic heterocycles. The van der Waals surface area contributed by atoms with Crippen LogP contribution in [0.25, 0.3) is 11.3 Å². The quantitative estimate of drug-likeness (QED) is 0.565. The summed E-state index contributed by atoms with van der Waals surface area (Å²) in [6.45, 7) is 11.7. The third kappa shape index (κ3) is 4.57. The number of hydrogen-bond acceptors (Lipinski definition) is 6. The van der Waals surface area contributed by atoms with Crippen LogP contribution in [0.2, 0.25) is 0 Å². The molecule has 0 bridgehead atoms. The second-order valence-corrected chi connectivity index (χ2v) is 11.4. The Balaban J connectivity index is 1.59. The van der Waals surface area contributed by atoms with Gasteiger partial charge in [-0.25, -0.2) is 0 Å². The van der Waals surface area contributed by atoms with E-state index in [1.54, 1.807) is 35.6 Å². The SMILES string of the molecule is CC(=O)N[C@H](C(=O)N1C[C@H]2[C@@H](C1C(=O)NC(C#N)c1cncc(-c3ccn[nH]3)c1)C2(C)C)C(C)(C)C. The van der Waals surface area contributed by atoms with E-state index in [0.29, 0.717) is 12.1 Å². The number of rotatable bonds is 6. The third-order valence-corrected chi connectivity index (χ3v) is 7.54. The number of hydrogen-bond donors (Lipinski definition) is 3. The first-order chi connectivity index (χ1) is 16.9. The Kier molecular flexibility index (Phi) is 6.37. The Bertz CT molecular complexity index is 1210. The molecule has 2 aromatic heterocycles. The van der Waals surface area contributed by atoms with E-state index in [1.165, 1.54) is 6.92 Å². The van der Waals surface area contributed by atoms with Gasteiger partial charge in [0.15, 0.2) is 0 Å². The average Bonchev–Trinajstić information content (AvgIpc) is 3.27. The normalized spacial score (nSPS) is 23.7. The van der Waals surface area contributed by atoms with Crippen molar-refractivity contribution < 1.29 is 14.4 Å². The Morgan fingerprint density at radius 1 is 1.25 bits per heavy atom. The number of likely N-dealkylation sites (tertiary alicyclic amines) is 1. The number of carbonyl (C=O) groups is 3. The minimum absolute atomic E-state index is 0.0202. The summed E-state index contributed by atoms with van der Waals surface area (Å²) in [5, 5.41) is 22.3. The van der Waals surface area contributed by atoms with E-state index in [1.807, 2.05) is 20.8 Å². The molecule has 3 amide bonds. The van der Waals surface area contributed by atoms with Crippen LogP contribution in [0.5, 0.6) is 0 Å². The van der Waals surface area contributed by atoms with Gasteiger partial charge in [-0.1, -0.05) is 34.6 Å². The number of fused-ring (bicyclic) bond motifs is 1. The van der Waals surface area contributed by atoms with Gasteiger partial charge in [0.05, 0.1) is 11.8 Å². The molecule has 3 heterocycles. The summed E-state index contributed by atoms with van der Waals surface area (Å²) >= 11 is 0. The highest BCUT2D eigenvalue weighted by Gasteiger charge is 2.69. The Morgan fingerprint density at radius 3 is 2.56 bits per heavy atom. The number of H-pyrrole nitrogens is 1. The lowest BCUT2D eigenvalue weighted by Crippen LogP contribution is -2.59. The van der Waals surface area contributed by atoms with E-state index in [0.717, 1.165) is 11.3 Å². The highest BCUT2D eigenvalue weighted by atomic mass is 16.2. The Hall–Kier alpha value is -3.74.